The fourth-order valence-corrected chi connectivity index (χ4v) is 3.57. The van der Waals surface area contributed by atoms with E-state index in [0.717, 1.165) is 63.9 Å². The minimum absolute atomic E-state index is 0. The van der Waals surface area contributed by atoms with Crippen molar-refractivity contribution in [2.24, 2.45) is 4.99 Å². The van der Waals surface area contributed by atoms with E-state index < -0.39 is 0 Å². The van der Waals surface area contributed by atoms with E-state index in [4.69, 9.17) is 4.74 Å². The van der Waals surface area contributed by atoms with Crippen molar-refractivity contribution >= 4 is 46.6 Å². The minimum atomic E-state index is 0. The molecule has 0 radical (unpaired) electrons. The van der Waals surface area contributed by atoms with Gasteiger partial charge in [-0.1, -0.05) is 30.3 Å². The van der Waals surface area contributed by atoms with Gasteiger partial charge < -0.3 is 20.3 Å². The van der Waals surface area contributed by atoms with Crippen molar-refractivity contribution in [1.29, 1.82) is 0 Å². The number of amides is 1. The first-order valence-electron chi connectivity index (χ1n) is 10.7. The molecular weight excluding hydrogens is 505 g/mol. The zero-order chi connectivity index (χ0) is 21.2. The number of nitrogens with one attached hydrogen (secondary N) is 2. The molecule has 1 heterocycles. The monoisotopic (exact) mass is 539 g/mol. The Balaban J connectivity index is 0.00000341. The molecule has 2 N–H and O–H groups in total. The number of hydrogen-bond acceptors (Lipinski definition) is 4. The van der Waals surface area contributed by atoms with Gasteiger partial charge in [-0.05, 0) is 29.3 Å². The summed E-state index contributed by atoms with van der Waals surface area (Å²) in [6.07, 6.45) is 0.889. The van der Waals surface area contributed by atoms with E-state index >= 15 is 0 Å². The lowest BCUT2D eigenvalue weighted by Gasteiger charge is -2.34. The van der Waals surface area contributed by atoms with E-state index in [2.05, 4.69) is 44.8 Å². The zero-order valence-electron chi connectivity index (χ0n) is 18.5. The largest absolute Gasteiger partial charge is 0.494 e. The zero-order valence-corrected chi connectivity index (χ0v) is 20.8. The molecule has 1 saturated heterocycles. The predicted octanol–water partition coefficient (Wildman–Crippen LogP) is 2.56. The fraction of sp³-hybridized carbons (Fsp3) is 0.478. The van der Waals surface area contributed by atoms with Crippen LogP contribution in [-0.4, -0.2) is 81.1 Å². The van der Waals surface area contributed by atoms with Crippen LogP contribution in [0.15, 0.2) is 47.5 Å². The summed E-state index contributed by atoms with van der Waals surface area (Å²) in [5.74, 6) is 1.88. The van der Waals surface area contributed by atoms with Crippen LogP contribution in [0.2, 0.25) is 0 Å². The van der Waals surface area contributed by atoms with E-state index in [1.165, 1.54) is 10.8 Å². The number of carbonyl (C=O) groups is 1. The van der Waals surface area contributed by atoms with Crippen LogP contribution in [0.1, 0.15) is 13.3 Å². The first-order chi connectivity index (χ1) is 14.7. The maximum absolute atomic E-state index is 11.4. The summed E-state index contributed by atoms with van der Waals surface area (Å²) in [6, 6.07) is 14.5. The lowest BCUT2D eigenvalue weighted by molar-refractivity contribution is -0.130. The number of benzene rings is 2. The number of fused-ring (bicyclic) bond motifs is 1. The molecule has 1 aliphatic heterocycles. The Hall–Kier alpha value is -2.07. The smallest absolute Gasteiger partial charge is 0.219 e. The molecule has 1 aliphatic rings. The summed E-state index contributed by atoms with van der Waals surface area (Å²) < 4.78 is 5.88. The molecule has 1 fully saturated rings. The van der Waals surface area contributed by atoms with Gasteiger partial charge >= 0.3 is 0 Å². The van der Waals surface area contributed by atoms with Crippen molar-refractivity contribution in [2.75, 3.05) is 59.5 Å². The third-order valence-electron chi connectivity index (χ3n) is 5.36. The summed E-state index contributed by atoms with van der Waals surface area (Å²) >= 11 is 0. The first kappa shape index (κ1) is 25.2. The molecule has 0 aliphatic carbocycles. The van der Waals surface area contributed by atoms with Gasteiger partial charge in [0, 0.05) is 59.8 Å². The summed E-state index contributed by atoms with van der Waals surface area (Å²) in [4.78, 5) is 19.9. The van der Waals surface area contributed by atoms with Gasteiger partial charge in [0.15, 0.2) is 5.96 Å². The van der Waals surface area contributed by atoms with Crippen molar-refractivity contribution in [2.45, 2.75) is 13.3 Å². The normalized spacial score (nSPS) is 14.8. The molecule has 1 amide bonds. The molecule has 0 bridgehead atoms. The Morgan fingerprint density at radius 3 is 2.45 bits per heavy atom. The number of rotatable bonds is 8. The number of halogens is 1. The standard InChI is InChI=1S/C23H33N5O2.HI/c1-19(29)28-15-13-27(14-16-28)12-11-26-23(24-2)25-10-5-17-30-22-9-8-20-6-3-4-7-21(20)18-22;/h3-4,6-9,18H,5,10-17H2,1-2H3,(H2,24,25,26);1H. The van der Waals surface area contributed by atoms with Crippen LogP contribution in [-0.2, 0) is 4.79 Å². The molecule has 0 aromatic heterocycles. The number of aliphatic imine (C=N–C) groups is 1. The average Bonchev–Trinajstić information content (AvgIpc) is 2.78. The maximum atomic E-state index is 11.4. The van der Waals surface area contributed by atoms with Crippen molar-refractivity contribution < 1.29 is 9.53 Å². The lowest BCUT2D eigenvalue weighted by Crippen LogP contribution is -2.50. The molecule has 0 spiro atoms. The molecule has 0 atom stereocenters. The van der Waals surface area contributed by atoms with Crippen LogP contribution < -0.4 is 15.4 Å². The van der Waals surface area contributed by atoms with E-state index in [1.54, 1.807) is 14.0 Å². The number of carbonyl (C=O) groups excluding carboxylic acids is 1. The van der Waals surface area contributed by atoms with Gasteiger partial charge in [0.05, 0.1) is 6.61 Å². The van der Waals surface area contributed by atoms with Gasteiger partial charge in [0.1, 0.15) is 5.75 Å². The Morgan fingerprint density at radius 2 is 1.74 bits per heavy atom. The van der Waals surface area contributed by atoms with Gasteiger partial charge in [-0.25, -0.2) is 0 Å². The number of nitrogens with zero attached hydrogens (tertiary/aromatic N) is 3. The first-order valence-corrected chi connectivity index (χ1v) is 10.7. The SMILES string of the molecule is CN=C(NCCCOc1ccc2ccccc2c1)NCCN1CCN(C(C)=O)CC1.I. The second-order valence-electron chi connectivity index (χ2n) is 7.48. The Labute approximate surface area is 202 Å². The number of guanidine groups is 1. The van der Waals surface area contributed by atoms with E-state index in [-0.39, 0.29) is 29.9 Å². The van der Waals surface area contributed by atoms with Gasteiger partial charge in [0.25, 0.3) is 0 Å². The second-order valence-corrected chi connectivity index (χ2v) is 7.48. The third kappa shape index (κ3) is 8.17. The summed E-state index contributed by atoms with van der Waals surface area (Å²) in [5, 5.41) is 9.11. The van der Waals surface area contributed by atoms with E-state index in [9.17, 15) is 4.79 Å². The minimum Gasteiger partial charge on any atom is -0.494 e. The van der Waals surface area contributed by atoms with Gasteiger partial charge in [-0.2, -0.15) is 0 Å². The van der Waals surface area contributed by atoms with Gasteiger partial charge in [-0.15, -0.1) is 24.0 Å². The summed E-state index contributed by atoms with van der Waals surface area (Å²) in [7, 11) is 1.78. The molecule has 0 saturated carbocycles. The number of ether oxygens (including phenoxy) is 1. The number of hydrogen-bond donors (Lipinski definition) is 2. The van der Waals surface area contributed by atoms with Crippen LogP contribution in [0.3, 0.4) is 0 Å². The second kappa shape index (κ2) is 13.4. The van der Waals surface area contributed by atoms with Crippen LogP contribution >= 0.6 is 24.0 Å². The Morgan fingerprint density at radius 1 is 1.03 bits per heavy atom. The Kier molecular flexibility index (Phi) is 10.9. The van der Waals surface area contributed by atoms with Crippen LogP contribution in [0.5, 0.6) is 5.75 Å². The third-order valence-corrected chi connectivity index (χ3v) is 5.36. The van der Waals surface area contributed by atoms with Gasteiger partial charge in [-0.3, -0.25) is 14.7 Å². The van der Waals surface area contributed by atoms with Crippen molar-refractivity contribution in [3.63, 3.8) is 0 Å². The summed E-state index contributed by atoms with van der Waals surface area (Å²) in [6.45, 7) is 8.36. The van der Waals surface area contributed by atoms with E-state index in [0.29, 0.717) is 6.61 Å². The summed E-state index contributed by atoms with van der Waals surface area (Å²) in [5.41, 5.74) is 0. The highest BCUT2D eigenvalue weighted by Gasteiger charge is 2.17. The van der Waals surface area contributed by atoms with Crippen LogP contribution in [0.4, 0.5) is 0 Å². The molecule has 7 nitrogen and oxygen atoms in total. The van der Waals surface area contributed by atoms with Crippen LogP contribution in [0, 0.1) is 0 Å². The maximum Gasteiger partial charge on any atom is 0.219 e. The lowest BCUT2D eigenvalue weighted by atomic mass is 10.1. The topological polar surface area (TPSA) is 69.2 Å². The molecule has 31 heavy (non-hydrogen) atoms. The molecule has 3 rings (SSSR count). The highest BCUT2D eigenvalue weighted by Crippen LogP contribution is 2.20. The molecule has 2 aromatic rings. The molecular formula is C23H34IN5O2. The number of piperazine rings is 1. The highest BCUT2D eigenvalue weighted by atomic mass is 127. The van der Waals surface area contributed by atoms with Crippen LogP contribution in [0.25, 0.3) is 10.8 Å². The molecule has 2 aromatic carbocycles. The quantitative estimate of drug-likeness (QED) is 0.234. The van der Waals surface area contributed by atoms with Gasteiger partial charge in [0.2, 0.25) is 5.91 Å². The molecule has 8 heteroatoms. The van der Waals surface area contributed by atoms with Crippen molar-refractivity contribution in [3.8, 4) is 5.75 Å². The highest BCUT2D eigenvalue weighted by molar-refractivity contribution is 14.0. The van der Waals surface area contributed by atoms with Crippen molar-refractivity contribution in [1.82, 2.24) is 20.4 Å². The average molecular weight is 539 g/mol. The molecule has 170 valence electrons. The van der Waals surface area contributed by atoms with Crippen molar-refractivity contribution in [3.05, 3.63) is 42.5 Å². The fourth-order valence-electron chi connectivity index (χ4n) is 3.57. The van der Waals surface area contributed by atoms with E-state index in [1.807, 2.05) is 23.1 Å². The molecule has 0 unspecified atom stereocenters. The Bertz CT molecular complexity index is 853. The predicted molar refractivity (Wildman–Crippen MR) is 138 cm³/mol.